The minimum atomic E-state index is -4.35. The van der Waals surface area contributed by atoms with E-state index in [-0.39, 0.29) is 5.88 Å². The third-order valence-electron chi connectivity index (χ3n) is 5.27. The molecule has 5 rings (SSSR count). The van der Waals surface area contributed by atoms with Gasteiger partial charge in [0, 0.05) is 21.7 Å². The first-order valence-corrected chi connectivity index (χ1v) is 9.81. The number of aromatic hydroxyl groups is 1. The van der Waals surface area contributed by atoms with Crippen molar-refractivity contribution in [3.8, 4) is 5.88 Å². The van der Waals surface area contributed by atoms with Crippen LogP contribution in [-0.4, -0.2) is 10.1 Å². The summed E-state index contributed by atoms with van der Waals surface area (Å²) in [7, 11) is 0. The van der Waals surface area contributed by atoms with Gasteiger partial charge in [0.15, 0.2) is 5.88 Å². The van der Waals surface area contributed by atoms with Gasteiger partial charge in [-0.1, -0.05) is 42.5 Å². The maximum atomic E-state index is 12.7. The number of rotatable bonds is 3. The fraction of sp³-hybridized carbons (Fsp3) is 0.0400. The molecule has 0 spiro atoms. The van der Waals surface area contributed by atoms with Gasteiger partial charge in [0.2, 0.25) is 0 Å². The summed E-state index contributed by atoms with van der Waals surface area (Å²) in [5.41, 5.74) is 2.81. The quantitative estimate of drug-likeness (QED) is 0.433. The van der Waals surface area contributed by atoms with E-state index in [0.717, 1.165) is 33.5 Å². The molecular formula is C25H16F3N3O. The molecule has 32 heavy (non-hydrogen) atoms. The lowest BCUT2D eigenvalue weighted by atomic mass is 10.1. The van der Waals surface area contributed by atoms with Crippen LogP contribution in [0.2, 0.25) is 0 Å². The van der Waals surface area contributed by atoms with Gasteiger partial charge in [0.25, 0.3) is 0 Å². The molecule has 2 N–H and O–H groups in total. The monoisotopic (exact) mass is 431 g/mol. The summed E-state index contributed by atoms with van der Waals surface area (Å²) in [6.07, 6.45) is 0.953. The number of H-pyrrole nitrogens is 1. The molecule has 0 bridgehead atoms. The number of hydrogen-bond acceptors (Lipinski definition) is 3. The second-order valence-electron chi connectivity index (χ2n) is 7.39. The van der Waals surface area contributed by atoms with Gasteiger partial charge in [-0.05, 0) is 53.3 Å². The van der Waals surface area contributed by atoms with Crippen LogP contribution < -0.4 is 10.4 Å². The van der Waals surface area contributed by atoms with Gasteiger partial charge in [0.05, 0.1) is 16.9 Å². The highest BCUT2D eigenvalue weighted by atomic mass is 19.4. The molecule has 1 aliphatic heterocycles. The summed E-state index contributed by atoms with van der Waals surface area (Å²) in [5.74, 6) is 0.0973. The van der Waals surface area contributed by atoms with Crippen LogP contribution in [0, 0.1) is 0 Å². The topological polar surface area (TPSA) is 60.7 Å². The summed E-state index contributed by atoms with van der Waals surface area (Å²) in [6.45, 7) is 0. The second-order valence-corrected chi connectivity index (χ2v) is 7.39. The molecule has 0 fully saturated rings. The highest BCUT2D eigenvalue weighted by Gasteiger charge is 2.29. The van der Waals surface area contributed by atoms with Crippen molar-refractivity contribution in [2.24, 2.45) is 10.2 Å². The zero-order valence-electron chi connectivity index (χ0n) is 16.6. The van der Waals surface area contributed by atoms with Gasteiger partial charge >= 0.3 is 6.18 Å². The molecule has 0 radical (unpaired) electrons. The average molecular weight is 431 g/mol. The fourth-order valence-corrected chi connectivity index (χ4v) is 3.64. The first kappa shape index (κ1) is 19.8. The van der Waals surface area contributed by atoms with Crippen LogP contribution in [-0.2, 0) is 6.18 Å². The Labute approximate surface area is 180 Å². The minimum absolute atomic E-state index is 0.0973. The van der Waals surface area contributed by atoms with Gasteiger partial charge in [-0.15, -0.1) is 10.2 Å². The molecule has 7 heteroatoms. The van der Waals surface area contributed by atoms with E-state index >= 15 is 0 Å². The van der Waals surface area contributed by atoms with E-state index in [9.17, 15) is 18.3 Å². The highest BCUT2D eigenvalue weighted by Crippen LogP contribution is 2.30. The Morgan fingerprint density at radius 2 is 1.66 bits per heavy atom. The lowest BCUT2D eigenvalue weighted by Crippen LogP contribution is -2.08. The van der Waals surface area contributed by atoms with Crippen molar-refractivity contribution in [1.29, 1.82) is 0 Å². The van der Waals surface area contributed by atoms with Gasteiger partial charge in [-0.3, -0.25) is 0 Å². The first-order valence-electron chi connectivity index (χ1n) is 9.81. The van der Waals surface area contributed by atoms with E-state index in [2.05, 4.69) is 15.2 Å². The van der Waals surface area contributed by atoms with Gasteiger partial charge in [0.1, 0.15) is 0 Å². The molecule has 0 amide bonds. The van der Waals surface area contributed by atoms with Crippen LogP contribution in [0.4, 0.5) is 18.9 Å². The van der Waals surface area contributed by atoms with E-state index in [1.807, 2.05) is 48.5 Å². The van der Waals surface area contributed by atoms with Crippen molar-refractivity contribution in [2.45, 2.75) is 6.18 Å². The number of nitrogens with zero attached hydrogens (tertiary/aromatic N) is 2. The Hall–Kier alpha value is -4.13. The van der Waals surface area contributed by atoms with Crippen molar-refractivity contribution in [3.63, 3.8) is 0 Å². The molecule has 158 valence electrons. The van der Waals surface area contributed by atoms with Crippen LogP contribution in [0.5, 0.6) is 5.88 Å². The summed E-state index contributed by atoms with van der Waals surface area (Å²) in [6, 6.07) is 18.2. The minimum Gasteiger partial charge on any atom is -0.494 e. The number of fused-ring (bicyclic) bond motifs is 2. The lowest BCUT2D eigenvalue weighted by molar-refractivity contribution is -0.137. The van der Waals surface area contributed by atoms with Crippen LogP contribution in [0.25, 0.3) is 28.8 Å². The number of alkyl halides is 3. The zero-order chi connectivity index (χ0) is 22.3. The van der Waals surface area contributed by atoms with Crippen LogP contribution in [0.3, 0.4) is 0 Å². The molecule has 1 aromatic heterocycles. The standard InChI is InChI=1S/C25H16F3N3O/c26-25(27,28)17-9-5-15(6-10-17)8-12-22-19-11-7-16(14-23(19)31-30-22)13-20-18-3-1-2-4-21(18)29-24(20)32/h1-14,29,32H/b12-8+,16-13+. The molecule has 4 nitrogen and oxygen atoms in total. The number of nitrogens with one attached hydrogen (secondary N) is 1. The predicted molar refractivity (Wildman–Crippen MR) is 118 cm³/mol. The summed E-state index contributed by atoms with van der Waals surface area (Å²) in [4.78, 5) is 2.96. The molecule has 0 atom stereocenters. The SMILES string of the molecule is Oc1[nH]c2ccccc2c1/C=c1\ccc2c(c1)N=NC=2/C=C/c1ccc(C(F)(F)F)cc1. The lowest BCUT2D eigenvalue weighted by Gasteiger charge is -2.05. The largest absolute Gasteiger partial charge is 0.494 e. The van der Waals surface area contributed by atoms with E-state index in [4.69, 9.17) is 0 Å². The third kappa shape index (κ3) is 3.69. The molecule has 4 aromatic rings. The van der Waals surface area contributed by atoms with Gasteiger partial charge in [-0.25, -0.2) is 0 Å². The van der Waals surface area contributed by atoms with Crippen molar-refractivity contribution in [1.82, 2.24) is 4.98 Å². The fourth-order valence-electron chi connectivity index (χ4n) is 3.64. The van der Waals surface area contributed by atoms with Gasteiger partial charge in [-0.2, -0.15) is 13.2 Å². The van der Waals surface area contributed by atoms with Crippen LogP contribution >= 0.6 is 0 Å². The number of aromatic amines is 1. The maximum Gasteiger partial charge on any atom is 0.416 e. The zero-order valence-corrected chi connectivity index (χ0v) is 16.6. The molecule has 1 aliphatic rings. The third-order valence-corrected chi connectivity index (χ3v) is 5.27. The normalized spacial score (nSPS) is 14.1. The molecular weight excluding hydrogens is 415 g/mol. The average Bonchev–Trinajstić information content (AvgIpc) is 3.32. The van der Waals surface area contributed by atoms with Crippen molar-refractivity contribution in [2.75, 3.05) is 0 Å². The van der Waals surface area contributed by atoms with Crippen molar-refractivity contribution < 1.29 is 18.3 Å². The number of halogens is 3. The number of benzene rings is 3. The first-order chi connectivity index (χ1) is 15.4. The Balaban J connectivity index is 1.47. The van der Waals surface area contributed by atoms with Crippen molar-refractivity contribution in [3.05, 3.63) is 99.9 Å². The number of aromatic nitrogens is 1. The molecule has 0 unspecified atom stereocenters. The highest BCUT2D eigenvalue weighted by molar-refractivity contribution is 5.91. The molecule has 0 saturated carbocycles. The summed E-state index contributed by atoms with van der Waals surface area (Å²) < 4.78 is 38.1. The molecule has 2 heterocycles. The van der Waals surface area contributed by atoms with Crippen LogP contribution in [0.1, 0.15) is 16.7 Å². The van der Waals surface area contributed by atoms with Gasteiger partial charge < -0.3 is 10.1 Å². The van der Waals surface area contributed by atoms with E-state index in [1.165, 1.54) is 12.1 Å². The number of para-hydroxylation sites is 1. The molecule has 0 aliphatic carbocycles. The predicted octanol–water partition coefficient (Wildman–Crippen LogP) is 5.64. The second kappa shape index (κ2) is 7.53. The maximum absolute atomic E-state index is 12.7. The van der Waals surface area contributed by atoms with E-state index < -0.39 is 11.7 Å². The van der Waals surface area contributed by atoms with Crippen molar-refractivity contribution >= 4 is 34.4 Å². The molecule has 3 aromatic carbocycles. The molecule has 0 saturated heterocycles. The number of hydrogen-bond donors (Lipinski definition) is 2. The Morgan fingerprint density at radius 1 is 0.875 bits per heavy atom. The summed E-state index contributed by atoms with van der Waals surface area (Å²) in [5, 5.41) is 21.3. The Bertz CT molecular complexity index is 1510. The van der Waals surface area contributed by atoms with E-state index in [0.29, 0.717) is 22.5 Å². The smallest absolute Gasteiger partial charge is 0.416 e. The Kier molecular flexibility index (Phi) is 4.66. The van der Waals surface area contributed by atoms with Crippen LogP contribution in [0.15, 0.2) is 83.0 Å². The van der Waals surface area contributed by atoms with E-state index in [1.54, 1.807) is 12.2 Å². The Morgan fingerprint density at radius 3 is 2.44 bits per heavy atom. The number of azo groups is 1. The summed E-state index contributed by atoms with van der Waals surface area (Å²) >= 11 is 0.